The third-order valence-corrected chi connectivity index (χ3v) is 17.4. The SMILES string of the molecule is CC(C)(C)c1ccc(-c2cc(-c3ccc(C(C)(C)C)cc3)cc(N(c3cc(-c4ccc(C(C)(C)C)cc4)cc(-c4ccc(C(C)(C)C)cc4)c3)c3ccc4ccc5c(-n6c7ccccc7c7ccccc76)ccc6ccc3c4c65)c2)cc1. The molecule has 0 atom stereocenters. The van der Waals surface area contributed by atoms with E-state index >= 15 is 0 Å². The van der Waals surface area contributed by atoms with E-state index in [1.165, 1.54) is 127 Å². The van der Waals surface area contributed by atoms with Crippen LogP contribution in [0.2, 0.25) is 0 Å². The largest absolute Gasteiger partial charge is 0.310 e. The average molecular weight is 1060 g/mol. The maximum atomic E-state index is 2.57. The van der Waals surface area contributed by atoms with Crippen LogP contribution in [0.1, 0.15) is 105 Å². The number of hydrogen-bond donors (Lipinski definition) is 0. The highest BCUT2D eigenvalue weighted by atomic mass is 15.1. The third-order valence-electron chi connectivity index (χ3n) is 17.4. The molecule has 0 unspecified atom stereocenters. The Kier molecular flexibility index (Phi) is 12.5. The third kappa shape index (κ3) is 9.42. The molecule has 13 rings (SSSR count). The molecule has 0 saturated heterocycles. The summed E-state index contributed by atoms with van der Waals surface area (Å²) in [5, 5.41) is 9.93. The first-order valence-corrected chi connectivity index (χ1v) is 29.4. The smallest absolute Gasteiger partial charge is 0.0541 e. The Hall–Kier alpha value is -8.72. The van der Waals surface area contributed by atoms with Crippen LogP contribution in [-0.2, 0) is 21.7 Å². The zero-order valence-electron chi connectivity index (χ0n) is 49.8. The second kappa shape index (κ2) is 19.5. The van der Waals surface area contributed by atoms with Crippen LogP contribution in [0, 0.1) is 0 Å². The Bertz CT molecular complexity index is 4170. The molecule has 0 bridgehead atoms. The average Bonchev–Trinajstić information content (AvgIpc) is 3.97. The quantitative estimate of drug-likeness (QED) is 0.138. The minimum atomic E-state index is 0.0270. The van der Waals surface area contributed by atoms with Gasteiger partial charge in [-0.15, -0.1) is 0 Å². The van der Waals surface area contributed by atoms with Crippen LogP contribution in [-0.4, -0.2) is 4.57 Å². The fraction of sp³-hybridized carbons (Fsp3) is 0.200. The second-order valence-corrected chi connectivity index (χ2v) is 27.1. The summed E-state index contributed by atoms with van der Waals surface area (Å²) in [6.07, 6.45) is 0. The van der Waals surface area contributed by atoms with E-state index in [0.29, 0.717) is 0 Å². The van der Waals surface area contributed by atoms with Crippen molar-refractivity contribution in [2.75, 3.05) is 4.90 Å². The molecule has 1 aromatic heterocycles. The van der Waals surface area contributed by atoms with Gasteiger partial charge in [-0.05, 0) is 171 Å². The van der Waals surface area contributed by atoms with Gasteiger partial charge in [0.1, 0.15) is 0 Å². The number of para-hydroxylation sites is 2. The van der Waals surface area contributed by atoms with Gasteiger partial charge in [0.15, 0.2) is 0 Å². The Morgan fingerprint density at radius 2 is 0.585 bits per heavy atom. The van der Waals surface area contributed by atoms with Crippen LogP contribution in [0.25, 0.3) is 104 Å². The number of hydrogen-bond acceptors (Lipinski definition) is 1. The number of aromatic nitrogens is 1. The molecule has 2 nitrogen and oxygen atoms in total. The summed E-state index contributed by atoms with van der Waals surface area (Å²) >= 11 is 0. The topological polar surface area (TPSA) is 8.17 Å². The molecular formula is C80H74N2. The van der Waals surface area contributed by atoms with Gasteiger partial charge < -0.3 is 9.47 Å². The standard InChI is InChI=1S/C80H74N2/c1-77(2,3)61-33-21-51(22-34-61)57-45-58(52-23-35-62(36-24-52)78(4,5)6)48-65(47-57)81(66-49-59(53-25-37-63(38-26-53)79(7,8)9)46-60(50-66)54-27-39-64(40-28-54)80(10,11)12)73-43-31-55-30-42-70-74(44-32-56-29-41-69(73)75(55)76(56)70)82-71-19-15-13-17-67(71)68-18-14-16-20-72(68)82/h13-50H,1-12H3. The van der Waals surface area contributed by atoms with E-state index in [0.717, 1.165) is 17.1 Å². The first-order valence-electron chi connectivity index (χ1n) is 29.4. The van der Waals surface area contributed by atoms with Gasteiger partial charge in [0.2, 0.25) is 0 Å². The summed E-state index contributed by atoms with van der Waals surface area (Å²) in [6, 6.07) is 88.2. The van der Waals surface area contributed by atoms with Gasteiger partial charge in [0.05, 0.1) is 22.4 Å². The van der Waals surface area contributed by atoms with Crippen molar-refractivity contribution in [2.24, 2.45) is 0 Å². The van der Waals surface area contributed by atoms with E-state index < -0.39 is 0 Å². The molecule has 0 radical (unpaired) electrons. The molecule has 0 saturated carbocycles. The molecular weight excluding hydrogens is 989 g/mol. The van der Waals surface area contributed by atoms with Crippen molar-refractivity contribution in [2.45, 2.75) is 105 Å². The highest BCUT2D eigenvalue weighted by molar-refractivity contribution is 6.27. The number of rotatable bonds is 8. The lowest BCUT2D eigenvalue weighted by Crippen LogP contribution is -2.12. The van der Waals surface area contributed by atoms with Crippen molar-refractivity contribution < 1.29 is 0 Å². The molecule has 12 aromatic carbocycles. The Morgan fingerprint density at radius 1 is 0.268 bits per heavy atom. The monoisotopic (exact) mass is 1060 g/mol. The maximum Gasteiger partial charge on any atom is 0.0541 e. The van der Waals surface area contributed by atoms with Crippen LogP contribution in [0.4, 0.5) is 17.1 Å². The predicted octanol–water partition coefficient (Wildman–Crippen LogP) is 23.0. The van der Waals surface area contributed by atoms with E-state index in [1.807, 2.05) is 0 Å². The normalized spacial score (nSPS) is 12.6. The van der Waals surface area contributed by atoms with Crippen molar-refractivity contribution >= 4 is 71.2 Å². The fourth-order valence-corrected chi connectivity index (χ4v) is 12.6. The lowest BCUT2D eigenvalue weighted by Gasteiger charge is -2.30. The van der Waals surface area contributed by atoms with Crippen molar-refractivity contribution in [1.29, 1.82) is 0 Å². The van der Waals surface area contributed by atoms with E-state index in [2.05, 4.69) is 323 Å². The van der Waals surface area contributed by atoms with E-state index in [4.69, 9.17) is 0 Å². The molecule has 0 N–H and O–H groups in total. The zero-order chi connectivity index (χ0) is 57.0. The highest BCUT2D eigenvalue weighted by Gasteiger charge is 2.25. The molecule has 0 aliphatic carbocycles. The van der Waals surface area contributed by atoms with Gasteiger partial charge in [-0.25, -0.2) is 0 Å². The van der Waals surface area contributed by atoms with E-state index in [1.54, 1.807) is 0 Å². The molecule has 82 heavy (non-hydrogen) atoms. The van der Waals surface area contributed by atoms with Gasteiger partial charge in [-0.1, -0.05) is 253 Å². The van der Waals surface area contributed by atoms with Gasteiger partial charge in [0, 0.05) is 32.9 Å². The number of fused-ring (bicyclic) bond motifs is 3. The van der Waals surface area contributed by atoms with E-state index in [9.17, 15) is 0 Å². The summed E-state index contributed by atoms with van der Waals surface area (Å²) in [6.45, 7) is 27.5. The van der Waals surface area contributed by atoms with Crippen molar-refractivity contribution in [1.82, 2.24) is 4.57 Å². The highest BCUT2D eigenvalue weighted by Crippen LogP contribution is 2.49. The van der Waals surface area contributed by atoms with Crippen LogP contribution >= 0.6 is 0 Å². The van der Waals surface area contributed by atoms with Crippen LogP contribution in [0.3, 0.4) is 0 Å². The van der Waals surface area contributed by atoms with E-state index in [-0.39, 0.29) is 21.7 Å². The van der Waals surface area contributed by atoms with Gasteiger partial charge >= 0.3 is 0 Å². The van der Waals surface area contributed by atoms with Crippen LogP contribution < -0.4 is 4.90 Å². The summed E-state index contributed by atoms with van der Waals surface area (Å²) in [5.74, 6) is 0. The number of anilines is 3. The molecule has 0 fully saturated rings. The van der Waals surface area contributed by atoms with Crippen LogP contribution in [0.15, 0.2) is 231 Å². The molecule has 0 amide bonds. The molecule has 0 aliphatic heterocycles. The summed E-state index contributed by atoms with van der Waals surface area (Å²) < 4.78 is 2.48. The van der Waals surface area contributed by atoms with Gasteiger partial charge in [0.25, 0.3) is 0 Å². The lowest BCUT2D eigenvalue weighted by molar-refractivity contribution is 0.590. The van der Waals surface area contributed by atoms with Crippen molar-refractivity contribution in [3.63, 3.8) is 0 Å². The van der Waals surface area contributed by atoms with Crippen molar-refractivity contribution in [3.05, 3.63) is 253 Å². The minimum absolute atomic E-state index is 0.0270. The first kappa shape index (κ1) is 52.6. The molecule has 0 aliphatic rings. The maximum absolute atomic E-state index is 2.57. The predicted molar refractivity (Wildman–Crippen MR) is 356 cm³/mol. The first-order chi connectivity index (χ1) is 39.2. The number of nitrogens with zero attached hydrogens (tertiary/aromatic N) is 2. The fourth-order valence-electron chi connectivity index (χ4n) is 12.6. The summed E-state index contributed by atoms with van der Waals surface area (Å²) in [4.78, 5) is 2.57. The van der Waals surface area contributed by atoms with Crippen molar-refractivity contribution in [3.8, 4) is 50.2 Å². The second-order valence-electron chi connectivity index (χ2n) is 27.1. The molecule has 1 heterocycles. The Labute approximate surface area is 485 Å². The number of benzene rings is 12. The lowest BCUT2D eigenvalue weighted by atomic mass is 9.85. The molecule has 0 spiro atoms. The summed E-state index contributed by atoms with van der Waals surface area (Å²) in [5.41, 5.74) is 21.7. The minimum Gasteiger partial charge on any atom is -0.310 e. The summed E-state index contributed by atoms with van der Waals surface area (Å²) in [7, 11) is 0. The zero-order valence-corrected chi connectivity index (χ0v) is 49.8. The van der Waals surface area contributed by atoms with Gasteiger partial charge in [-0.3, -0.25) is 0 Å². The molecule has 404 valence electrons. The molecule has 2 heteroatoms. The van der Waals surface area contributed by atoms with Gasteiger partial charge in [-0.2, -0.15) is 0 Å². The molecule has 13 aromatic rings. The van der Waals surface area contributed by atoms with Crippen LogP contribution in [0.5, 0.6) is 0 Å². The Balaban J connectivity index is 1.11. The Morgan fingerprint density at radius 3 is 0.951 bits per heavy atom.